The van der Waals surface area contributed by atoms with E-state index in [4.69, 9.17) is 9.47 Å². The lowest BCUT2D eigenvalue weighted by molar-refractivity contribution is -0.145. The molecule has 1 heterocycles. The third kappa shape index (κ3) is 4.48. The van der Waals surface area contributed by atoms with Gasteiger partial charge in [0, 0.05) is 13.0 Å². The van der Waals surface area contributed by atoms with E-state index in [1.807, 2.05) is 0 Å². The minimum atomic E-state index is -1.21. The molecule has 0 bridgehead atoms. The van der Waals surface area contributed by atoms with Crippen LogP contribution in [-0.2, 0) is 23.8 Å². The molecular formula is C13H21NO6. The van der Waals surface area contributed by atoms with Crippen LogP contribution >= 0.6 is 0 Å². The van der Waals surface area contributed by atoms with Crippen molar-refractivity contribution < 1.29 is 28.6 Å². The number of hydrogen-bond acceptors (Lipinski definition) is 6. The van der Waals surface area contributed by atoms with E-state index in [1.165, 1.54) is 7.11 Å². The van der Waals surface area contributed by atoms with E-state index >= 15 is 0 Å². The summed E-state index contributed by atoms with van der Waals surface area (Å²) in [5, 5.41) is 2.53. The van der Waals surface area contributed by atoms with Crippen molar-refractivity contribution in [2.75, 3.05) is 20.3 Å². The largest absolute Gasteiger partial charge is 0.469 e. The van der Waals surface area contributed by atoms with Gasteiger partial charge in [-0.1, -0.05) is 0 Å². The molecule has 0 spiro atoms. The van der Waals surface area contributed by atoms with Gasteiger partial charge in [0.25, 0.3) is 0 Å². The fraction of sp³-hybridized carbons (Fsp3) is 0.769. The number of hydrogen-bond donors (Lipinski definition) is 1. The first kappa shape index (κ1) is 16.4. The molecule has 1 fully saturated rings. The number of amides is 1. The summed E-state index contributed by atoms with van der Waals surface area (Å²) in [5.74, 6) is -1.08. The molecule has 1 unspecified atom stereocenters. The molecule has 0 radical (unpaired) electrons. The van der Waals surface area contributed by atoms with Gasteiger partial charge in [0.15, 0.2) is 5.78 Å². The first-order chi connectivity index (χ1) is 9.18. The summed E-state index contributed by atoms with van der Waals surface area (Å²) in [6, 6.07) is 0. The molecule has 0 aromatic heterocycles. The molecule has 7 heteroatoms. The lowest BCUT2D eigenvalue weighted by atomic mass is 9.91. The molecule has 0 aromatic rings. The number of ether oxygens (including phenoxy) is 3. The molecule has 20 heavy (non-hydrogen) atoms. The summed E-state index contributed by atoms with van der Waals surface area (Å²) in [5.41, 5.74) is -1.88. The van der Waals surface area contributed by atoms with Crippen molar-refractivity contribution in [2.24, 2.45) is 0 Å². The van der Waals surface area contributed by atoms with Gasteiger partial charge >= 0.3 is 12.1 Å². The van der Waals surface area contributed by atoms with Crippen LogP contribution in [0.15, 0.2) is 0 Å². The Kier molecular flexibility index (Phi) is 5.10. The molecule has 1 saturated heterocycles. The number of alkyl carbamates (subject to hydrolysis) is 1. The molecule has 1 amide bonds. The maximum Gasteiger partial charge on any atom is 0.408 e. The Morgan fingerprint density at radius 2 is 1.95 bits per heavy atom. The standard InChI is InChI=1S/C13H21NO6/c1-12(2,3)20-11(17)14-13(5-6-19-8-13)9(15)7-10(16)18-4/h5-8H2,1-4H3,(H,14,17). The molecule has 1 aliphatic rings. The third-order valence-electron chi connectivity index (χ3n) is 2.83. The van der Waals surface area contributed by atoms with Crippen molar-refractivity contribution >= 4 is 17.8 Å². The second kappa shape index (κ2) is 6.21. The van der Waals surface area contributed by atoms with Crippen LogP contribution in [0.5, 0.6) is 0 Å². The summed E-state index contributed by atoms with van der Waals surface area (Å²) in [7, 11) is 1.20. The molecule has 114 valence electrons. The van der Waals surface area contributed by atoms with Crippen LogP contribution in [0.2, 0.25) is 0 Å². The number of nitrogens with one attached hydrogen (secondary N) is 1. The van der Waals surface area contributed by atoms with Crippen molar-refractivity contribution in [3.8, 4) is 0 Å². The summed E-state index contributed by atoms with van der Waals surface area (Å²) < 4.78 is 14.8. The highest BCUT2D eigenvalue weighted by molar-refractivity contribution is 6.02. The van der Waals surface area contributed by atoms with Crippen molar-refractivity contribution in [1.82, 2.24) is 5.32 Å². The summed E-state index contributed by atoms with van der Waals surface area (Å²) in [4.78, 5) is 35.2. The topological polar surface area (TPSA) is 90.9 Å². The molecule has 0 aliphatic carbocycles. The highest BCUT2D eigenvalue weighted by Gasteiger charge is 2.44. The number of rotatable bonds is 4. The Balaban J connectivity index is 2.74. The zero-order valence-electron chi connectivity index (χ0n) is 12.3. The van der Waals surface area contributed by atoms with Gasteiger partial charge in [0.2, 0.25) is 0 Å². The van der Waals surface area contributed by atoms with Crippen molar-refractivity contribution in [3.05, 3.63) is 0 Å². The van der Waals surface area contributed by atoms with E-state index in [-0.39, 0.29) is 6.61 Å². The Hall–Kier alpha value is -1.63. The highest BCUT2D eigenvalue weighted by atomic mass is 16.6. The highest BCUT2D eigenvalue weighted by Crippen LogP contribution is 2.22. The monoisotopic (exact) mass is 287 g/mol. The Labute approximate surface area is 117 Å². The van der Waals surface area contributed by atoms with E-state index in [0.717, 1.165) is 0 Å². The van der Waals surface area contributed by atoms with Crippen LogP contribution in [0.1, 0.15) is 33.6 Å². The first-order valence-electron chi connectivity index (χ1n) is 6.37. The number of carbonyl (C=O) groups excluding carboxylic acids is 3. The molecule has 1 atom stereocenters. The van der Waals surface area contributed by atoms with Crippen LogP contribution in [0.4, 0.5) is 4.79 Å². The number of Topliss-reactive ketones (excluding diaryl/α,β-unsaturated/α-hetero) is 1. The number of carbonyl (C=O) groups is 3. The minimum Gasteiger partial charge on any atom is -0.469 e. The van der Waals surface area contributed by atoms with Gasteiger partial charge in [0.05, 0.1) is 13.7 Å². The van der Waals surface area contributed by atoms with E-state index in [2.05, 4.69) is 10.1 Å². The van der Waals surface area contributed by atoms with E-state index in [1.54, 1.807) is 20.8 Å². The third-order valence-corrected chi connectivity index (χ3v) is 2.83. The number of methoxy groups -OCH3 is 1. The molecule has 0 saturated carbocycles. The van der Waals surface area contributed by atoms with Crippen molar-refractivity contribution in [1.29, 1.82) is 0 Å². The van der Waals surface area contributed by atoms with Crippen molar-refractivity contribution in [2.45, 2.75) is 44.8 Å². The normalized spacial score (nSPS) is 22.2. The molecular weight excluding hydrogens is 266 g/mol. The zero-order valence-corrected chi connectivity index (χ0v) is 12.3. The van der Waals surface area contributed by atoms with Crippen LogP contribution in [0, 0.1) is 0 Å². The predicted octanol–water partition coefficient (Wildman–Crippen LogP) is 0.802. The first-order valence-corrected chi connectivity index (χ1v) is 6.37. The lowest BCUT2D eigenvalue weighted by Crippen LogP contribution is -2.56. The lowest BCUT2D eigenvalue weighted by Gasteiger charge is -2.29. The smallest absolute Gasteiger partial charge is 0.408 e. The maximum atomic E-state index is 12.2. The fourth-order valence-corrected chi connectivity index (χ4v) is 1.82. The van der Waals surface area contributed by atoms with Crippen LogP contribution < -0.4 is 5.32 Å². The second-order valence-electron chi connectivity index (χ2n) is 5.69. The fourth-order valence-electron chi connectivity index (χ4n) is 1.82. The quantitative estimate of drug-likeness (QED) is 0.607. The summed E-state index contributed by atoms with van der Waals surface area (Å²) >= 11 is 0. The Bertz CT molecular complexity index is 392. The van der Waals surface area contributed by atoms with E-state index < -0.39 is 35.4 Å². The van der Waals surface area contributed by atoms with E-state index in [9.17, 15) is 14.4 Å². The molecule has 1 aliphatic heterocycles. The predicted molar refractivity (Wildman–Crippen MR) is 69.2 cm³/mol. The second-order valence-corrected chi connectivity index (χ2v) is 5.69. The van der Waals surface area contributed by atoms with Gasteiger partial charge in [-0.3, -0.25) is 9.59 Å². The molecule has 7 nitrogen and oxygen atoms in total. The van der Waals surface area contributed by atoms with Gasteiger partial charge in [-0.15, -0.1) is 0 Å². The average Bonchev–Trinajstić information content (AvgIpc) is 2.75. The van der Waals surface area contributed by atoms with Gasteiger partial charge in [-0.25, -0.2) is 4.79 Å². The van der Waals surface area contributed by atoms with Crippen LogP contribution in [-0.4, -0.2) is 49.3 Å². The number of esters is 1. The summed E-state index contributed by atoms with van der Waals surface area (Å²) in [6.07, 6.45) is -0.807. The average molecular weight is 287 g/mol. The van der Waals surface area contributed by atoms with E-state index in [0.29, 0.717) is 13.0 Å². The van der Waals surface area contributed by atoms with Gasteiger partial charge in [-0.2, -0.15) is 0 Å². The maximum absolute atomic E-state index is 12.2. The molecule has 1 N–H and O–H groups in total. The number of ketones is 1. The van der Waals surface area contributed by atoms with Crippen LogP contribution in [0.25, 0.3) is 0 Å². The van der Waals surface area contributed by atoms with Gasteiger partial charge < -0.3 is 19.5 Å². The van der Waals surface area contributed by atoms with Gasteiger partial charge in [0.1, 0.15) is 17.6 Å². The Morgan fingerprint density at radius 1 is 1.30 bits per heavy atom. The SMILES string of the molecule is COC(=O)CC(=O)C1(NC(=O)OC(C)(C)C)CCOC1. The zero-order chi connectivity index (χ0) is 15.4. The van der Waals surface area contributed by atoms with Gasteiger partial charge in [-0.05, 0) is 20.8 Å². The Morgan fingerprint density at radius 3 is 2.40 bits per heavy atom. The minimum absolute atomic E-state index is 0.0298. The summed E-state index contributed by atoms with van der Waals surface area (Å²) in [6.45, 7) is 5.53. The molecule has 1 rings (SSSR count). The molecule has 0 aromatic carbocycles. The van der Waals surface area contributed by atoms with Crippen LogP contribution in [0.3, 0.4) is 0 Å². The van der Waals surface area contributed by atoms with Crippen molar-refractivity contribution in [3.63, 3.8) is 0 Å².